The van der Waals surface area contributed by atoms with E-state index in [4.69, 9.17) is 0 Å². The summed E-state index contributed by atoms with van der Waals surface area (Å²) in [6.45, 7) is 4.26. The van der Waals surface area contributed by atoms with Gasteiger partial charge in [0, 0.05) is 30.5 Å². The van der Waals surface area contributed by atoms with Crippen molar-refractivity contribution < 1.29 is 8.42 Å². The van der Waals surface area contributed by atoms with E-state index in [-0.39, 0.29) is 11.8 Å². The van der Waals surface area contributed by atoms with E-state index in [9.17, 15) is 8.42 Å². The molecule has 1 unspecified atom stereocenters. The van der Waals surface area contributed by atoms with Crippen LogP contribution in [-0.2, 0) is 16.4 Å². The smallest absolute Gasteiger partial charge is 0.151 e. The van der Waals surface area contributed by atoms with Crippen LogP contribution in [0.1, 0.15) is 18.4 Å². The highest BCUT2D eigenvalue weighted by Gasteiger charge is 2.24. The second-order valence-electron chi connectivity index (χ2n) is 4.35. The van der Waals surface area contributed by atoms with Crippen molar-refractivity contribution in [3.63, 3.8) is 0 Å². The van der Waals surface area contributed by atoms with Gasteiger partial charge < -0.3 is 5.32 Å². The normalized spacial score (nSPS) is 23.4. The fraction of sp³-hybridized carbons (Fsp3) is 0.545. The summed E-state index contributed by atoms with van der Waals surface area (Å²) in [5.74, 6) is 0.585. The first kappa shape index (κ1) is 12.3. The standard InChI is InChI=1S/C11H17N3O2S/c1-2-14-8-10(7-13-14)6-12-11-4-3-5-17(15,16)9-11/h2,7-8,11-12H,1,3-6,9H2. The Morgan fingerprint density at radius 1 is 1.65 bits per heavy atom. The zero-order valence-corrected chi connectivity index (χ0v) is 10.5. The first-order valence-corrected chi connectivity index (χ1v) is 7.50. The molecule has 1 aromatic rings. The molecule has 0 aliphatic carbocycles. The van der Waals surface area contributed by atoms with Crippen LogP contribution in [-0.4, -0.2) is 35.7 Å². The molecule has 1 aliphatic rings. The lowest BCUT2D eigenvalue weighted by Gasteiger charge is -2.22. The molecule has 1 aliphatic heterocycles. The Bertz CT molecular complexity index is 493. The zero-order chi connectivity index (χ0) is 12.3. The second kappa shape index (κ2) is 5.01. The Morgan fingerprint density at radius 3 is 3.12 bits per heavy atom. The summed E-state index contributed by atoms with van der Waals surface area (Å²) in [5, 5.41) is 7.33. The highest BCUT2D eigenvalue weighted by molar-refractivity contribution is 7.91. The summed E-state index contributed by atoms with van der Waals surface area (Å²) in [7, 11) is -2.84. The van der Waals surface area contributed by atoms with Crippen LogP contribution in [0.3, 0.4) is 0 Å². The van der Waals surface area contributed by atoms with Crippen molar-refractivity contribution in [3.8, 4) is 0 Å². The predicted molar refractivity (Wildman–Crippen MR) is 67.1 cm³/mol. The van der Waals surface area contributed by atoms with Crippen LogP contribution in [0.5, 0.6) is 0 Å². The molecule has 0 amide bonds. The van der Waals surface area contributed by atoms with E-state index in [0.29, 0.717) is 12.3 Å². The maximum absolute atomic E-state index is 11.5. The molecule has 0 spiro atoms. The van der Waals surface area contributed by atoms with Crippen molar-refractivity contribution >= 4 is 16.0 Å². The van der Waals surface area contributed by atoms with Gasteiger partial charge in [0.1, 0.15) is 0 Å². The number of sulfone groups is 1. The third-order valence-corrected chi connectivity index (χ3v) is 4.72. The fourth-order valence-corrected chi connectivity index (χ4v) is 3.69. The van der Waals surface area contributed by atoms with Crippen LogP contribution in [0.25, 0.3) is 6.20 Å². The van der Waals surface area contributed by atoms with E-state index in [1.54, 1.807) is 17.1 Å². The number of rotatable bonds is 4. The molecule has 17 heavy (non-hydrogen) atoms. The largest absolute Gasteiger partial charge is 0.309 e. The minimum atomic E-state index is -2.84. The zero-order valence-electron chi connectivity index (χ0n) is 9.67. The molecule has 1 atom stereocenters. The van der Waals surface area contributed by atoms with E-state index < -0.39 is 9.84 Å². The molecule has 1 N–H and O–H groups in total. The number of nitrogens with zero attached hydrogens (tertiary/aromatic N) is 2. The molecule has 5 nitrogen and oxygen atoms in total. The minimum Gasteiger partial charge on any atom is -0.309 e. The molecular weight excluding hydrogens is 238 g/mol. The predicted octanol–water partition coefficient (Wildman–Crippen LogP) is 0.650. The van der Waals surface area contributed by atoms with Crippen LogP contribution in [0, 0.1) is 0 Å². The van der Waals surface area contributed by atoms with Gasteiger partial charge in [0.2, 0.25) is 0 Å². The van der Waals surface area contributed by atoms with Crippen molar-refractivity contribution in [2.45, 2.75) is 25.4 Å². The quantitative estimate of drug-likeness (QED) is 0.858. The summed E-state index contributed by atoms with van der Waals surface area (Å²) >= 11 is 0. The van der Waals surface area contributed by atoms with Gasteiger partial charge in [-0.05, 0) is 12.8 Å². The molecule has 1 aromatic heterocycles. The van der Waals surface area contributed by atoms with Crippen molar-refractivity contribution in [2.24, 2.45) is 0 Å². The SMILES string of the molecule is C=Cn1cc(CNC2CCCS(=O)(=O)C2)cn1. The van der Waals surface area contributed by atoms with Gasteiger partial charge in [-0.3, -0.25) is 0 Å². The monoisotopic (exact) mass is 255 g/mol. The summed E-state index contributed by atoms with van der Waals surface area (Å²) in [6, 6.07) is 0.0702. The maximum Gasteiger partial charge on any atom is 0.151 e. The summed E-state index contributed by atoms with van der Waals surface area (Å²) in [6.07, 6.45) is 6.93. The van der Waals surface area contributed by atoms with E-state index in [2.05, 4.69) is 17.0 Å². The molecule has 0 radical (unpaired) electrons. The number of hydrogen-bond acceptors (Lipinski definition) is 4. The molecule has 6 heteroatoms. The van der Waals surface area contributed by atoms with Crippen molar-refractivity contribution in [2.75, 3.05) is 11.5 Å². The molecule has 1 saturated heterocycles. The first-order valence-electron chi connectivity index (χ1n) is 5.68. The van der Waals surface area contributed by atoms with Gasteiger partial charge in [-0.1, -0.05) is 6.58 Å². The molecule has 2 heterocycles. The number of nitrogens with one attached hydrogen (secondary N) is 1. The average molecular weight is 255 g/mol. The van der Waals surface area contributed by atoms with E-state index >= 15 is 0 Å². The summed E-state index contributed by atoms with van der Waals surface area (Å²) in [4.78, 5) is 0. The van der Waals surface area contributed by atoms with E-state index in [1.165, 1.54) is 0 Å². The van der Waals surface area contributed by atoms with Crippen molar-refractivity contribution in [1.29, 1.82) is 0 Å². The Kier molecular flexibility index (Phi) is 3.63. The first-order chi connectivity index (χ1) is 8.09. The lowest BCUT2D eigenvalue weighted by molar-refractivity contribution is 0.480. The van der Waals surface area contributed by atoms with Gasteiger partial charge in [0.05, 0.1) is 17.7 Å². The molecule has 94 valence electrons. The molecule has 0 bridgehead atoms. The highest BCUT2D eigenvalue weighted by Crippen LogP contribution is 2.12. The van der Waals surface area contributed by atoms with Gasteiger partial charge in [0.15, 0.2) is 9.84 Å². The van der Waals surface area contributed by atoms with Gasteiger partial charge in [-0.2, -0.15) is 5.10 Å². The molecule has 2 rings (SSSR count). The minimum absolute atomic E-state index is 0.0702. The van der Waals surface area contributed by atoms with Gasteiger partial charge >= 0.3 is 0 Å². The maximum atomic E-state index is 11.5. The van der Waals surface area contributed by atoms with Crippen LogP contribution in [0.4, 0.5) is 0 Å². The highest BCUT2D eigenvalue weighted by atomic mass is 32.2. The van der Waals surface area contributed by atoms with Gasteiger partial charge in [-0.25, -0.2) is 13.1 Å². The van der Waals surface area contributed by atoms with Crippen LogP contribution in [0.15, 0.2) is 19.0 Å². The fourth-order valence-electron chi connectivity index (χ4n) is 2.01. The average Bonchev–Trinajstić information content (AvgIpc) is 2.73. The van der Waals surface area contributed by atoms with Crippen LogP contribution >= 0.6 is 0 Å². The van der Waals surface area contributed by atoms with Crippen molar-refractivity contribution in [3.05, 3.63) is 24.5 Å². The third-order valence-electron chi connectivity index (χ3n) is 2.90. The summed E-state index contributed by atoms with van der Waals surface area (Å²) in [5.41, 5.74) is 1.04. The second-order valence-corrected chi connectivity index (χ2v) is 6.57. The van der Waals surface area contributed by atoms with Gasteiger partial charge in [-0.15, -0.1) is 0 Å². The Hall–Kier alpha value is -1.14. The van der Waals surface area contributed by atoms with E-state index in [0.717, 1.165) is 18.4 Å². The van der Waals surface area contributed by atoms with E-state index in [1.807, 2.05) is 6.20 Å². The molecule has 0 saturated carbocycles. The molecule has 0 aromatic carbocycles. The van der Waals surface area contributed by atoms with Crippen LogP contribution < -0.4 is 5.32 Å². The summed E-state index contributed by atoms with van der Waals surface area (Å²) < 4.78 is 24.5. The lowest BCUT2D eigenvalue weighted by Crippen LogP contribution is -2.39. The van der Waals surface area contributed by atoms with Crippen molar-refractivity contribution in [1.82, 2.24) is 15.1 Å². The number of aromatic nitrogens is 2. The molecule has 1 fully saturated rings. The topological polar surface area (TPSA) is 64.0 Å². The Balaban J connectivity index is 1.87. The Morgan fingerprint density at radius 2 is 2.47 bits per heavy atom. The lowest BCUT2D eigenvalue weighted by atomic mass is 10.2. The Labute approximate surface area is 101 Å². The van der Waals surface area contributed by atoms with Gasteiger partial charge in [0.25, 0.3) is 0 Å². The third kappa shape index (κ3) is 3.41. The molecular formula is C11H17N3O2S. The van der Waals surface area contributed by atoms with Crippen LogP contribution in [0.2, 0.25) is 0 Å². The number of hydrogen-bond donors (Lipinski definition) is 1.